The molecule has 4 nitrogen and oxygen atoms in total. The van der Waals surface area contributed by atoms with E-state index in [0.29, 0.717) is 15.7 Å². The van der Waals surface area contributed by atoms with Crippen LogP contribution in [0, 0.1) is 0 Å². The number of thiazole rings is 1. The number of rotatable bonds is 3. The monoisotopic (exact) mass is 419 g/mol. The number of nitrogens with one attached hydrogen (secondary N) is 1. The van der Waals surface area contributed by atoms with E-state index >= 15 is 0 Å². The smallest absolute Gasteiger partial charge is 0.258 e. The number of anilines is 1. The van der Waals surface area contributed by atoms with E-state index in [4.69, 9.17) is 16.6 Å². The molecule has 1 amide bonds. The van der Waals surface area contributed by atoms with Crippen molar-refractivity contribution in [1.82, 2.24) is 9.97 Å². The number of carbonyl (C=O) groups excluding carboxylic acids is 1. The lowest BCUT2D eigenvalue weighted by Crippen LogP contribution is -2.13. The Hall–Kier alpha value is -2.76. The van der Waals surface area contributed by atoms with Crippen molar-refractivity contribution in [2.24, 2.45) is 0 Å². The number of amides is 1. The Morgan fingerprint density at radius 3 is 2.62 bits per heavy atom. The molecule has 1 aliphatic carbocycles. The molecule has 0 saturated carbocycles. The minimum atomic E-state index is -0.162. The lowest BCUT2D eigenvalue weighted by atomic mass is 10.0. The molecule has 144 valence electrons. The Morgan fingerprint density at radius 1 is 1.00 bits per heavy atom. The molecule has 5 rings (SSSR count). The summed E-state index contributed by atoms with van der Waals surface area (Å²) in [6.07, 6.45) is 4.42. The van der Waals surface area contributed by atoms with Gasteiger partial charge in [-0.2, -0.15) is 0 Å². The van der Waals surface area contributed by atoms with Gasteiger partial charge in [0.1, 0.15) is 0 Å². The number of nitrogens with zero attached hydrogens (tertiary/aromatic N) is 2. The molecule has 0 unspecified atom stereocenters. The van der Waals surface area contributed by atoms with Crippen LogP contribution in [0.1, 0.15) is 33.8 Å². The van der Waals surface area contributed by atoms with Crippen LogP contribution in [0.15, 0.2) is 54.6 Å². The molecule has 0 spiro atoms. The molecule has 0 radical (unpaired) electrons. The van der Waals surface area contributed by atoms with Gasteiger partial charge in [0.05, 0.1) is 22.5 Å². The highest BCUT2D eigenvalue weighted by molar-refractivity contribution is 7.15. The fourth-order valence-electron chi connectivity index (χ4n) is 3.70. The van der Waals surface area contributed by atoms with E-state index in [1.165, 1.54) is 17.7 Å². The Bertz CT molecular complexity index is 1190. The van der Waals surface area contributed by atoms with E-state index in [0.717, 1.165) is 40.7 Å². The zero-order valence-electron chi connectivity index (χ0n) is 15.6. The van der Waals surface area contributed by atoms with Crippen LogP contribution in [0.5, 0.6) is 0 Å². The van der Waals surface area contributed by atoms with E-state index < -0.39 is 0 Å². The van der Waals surface area contributed by atoms with Crippen molar-refractivity contribution < 1.29 is 4.79 Å². The highest BCUT2D eigenvalue weighted by Gasteiger charge is 2.19. The molecule has 0 saturated heterocycles. The van der Waals surface area contributed by atoms with Gasteiger partial charge in [-0.15, -0.1) is 11.3 Å². The predicted octanol–water partition coefficient (Wildman–Crippen LogP) is 6.14. The lowest BCUT2D eigenvalue weighted by molar-refractivity contribution is 0.102. The fourth-order valence-corrected chi connectivity index (χ4v) is 4.87. The van der Waals surface area contributed by atoms with Crippen molar-refractivity contribution in [2.75, 3.05) is 5.32 Å². The average Bonchev–Trinajstić information content (AvgIpc) is 3.15. The Morgan fingerprint density at radius 2 is 1.79 bits per heavy atom. The van der Waals surface area contributed by atoms with Crippen molar-refractivity contribution in [3.63, 3.8) is 0 Å². The average molecular weight is 420 g/mol. The number of halogens is 1. The van der Waals surface area contributed by atoms with E-state index in [9.17, 15) is 4.79 Å². The third-order valence-corrected chi connectivity index (χ3v) is 6.49. The van der Waals surface area contributed by atoms with Crippen LogP contribution < -0.4 is 5.32 Å². The van der Waals surface area contributed by atoms with Gasteiger partial charge in [0, 0.05) is 20.8 Å². The molecule has 0 fully saturated rings. The summed E-state index contributed by atoms with van der Waals surface area (Å²) in [5.74, 6) is -0.162. The van der Waals surface area contributed by atoms with Gasteiger partial charge >= 0.3 is 0 Å². The second-order valence-corrected chi connectivity index (χ2v) is 8.65. The number of pyridine rings is 1. The van der Waals surface area contributed by atoms with Gasteiger partial charge in [0.15, 0.2) is 5.13 Å². The maximum atomic E-state index is 13.2. The molecule has 29 heavy (non-hydrogen) atoms. The van der Waals surface area contributed by atoms with Crippen molar-refractivity contribution in [2.45, 2.75) is 25.7 Å². The molecular formula is C23H18ClN3OS. The number of fused-ring (bicyclic) bond motifs is 2. The lowest BCUT2D eigenvalue weighted by Gasteiger charge is -2.10. The number of para-hydroxylation sites is 1. The molecule has 1 aliphatic rings. The largest absolute Gasteiger partial charge is 0.298 e. The molecule has 0 atom stereocenters. The third-order valence-electron chi connectivity index (χ3n) is 5.17. The number of carbonyl (C=O) groups is 1. The molecule has 1 N–H and O–H groups in total. The summed E-state index contributed by atoms with van der Waals surface area (Å²) in [5, 5.41) is 5.18. The second-order valence-electron chi connectivity index (χ2n) is 7.13. The van der Waals surface area contributed by atoms with Gasteiger partial charge in [-0.3, -0.25) is 10.1 Å². The van der Waals surface area contributed by atoms with Crippen molar-refractivity contribution in [3.8, 4) is 11.3 Å². The van der Waals surface area contributed by atoms with Gasteiger partial charge in [-0.25, -0.2) is 9.97 Å². The first-order chi connectivity index (χ1) is 14.2. The number of hydrogen-bond donors (Lipinski definition) is 1. The predicted molar refractivity (Wildman–Crippen MR) is 119 cm³/mol. The summed E-state index contributed by atoms with van der Waals surface area (Å²) in [4.78, 5) is 23.9. The number of aryl methyl sites for hydroxylation is 2. The topological polar surface area (TPSA) is 54.9 Å². The van der Waals surface area contributed by atoms with E-state index in [2.05, 4.69) is 10.3 Å². The van der Waals surface area contributed by atoms with Crippen LogP contribution in [-0.2, 0) is 12.8 Å². The highest BCUT2D eigenvalue weighted by atomic mass is 35.5. The van der Waals surface area contributed by atoms with Crippen LogP contribution >= 0.6 is 22.9 Å². The van der Waals surface area contributed by atoms with Gasteiger partial charge in [0.2, 0.25) is 0 Å². The maximum absolute atomic E-state index is 13.2. The molecular weight excluding hydrogens is 402 g/mol. The summed E-state index contributed by atoms with van der Waals surface area (Å²) in [7, 11) is 0. The first-order valence-corrected chi connectivity index (χ1v) is 10.8. The first-order valence-electron chi connectivity index (χ1n) is 9.63. The third kappa shape index (κ3) is 3.63. The van der Waals surface area contributed by atoms with E-state index in [1.54, 1.807) is 11.3 Å². The van der Waals surface area contributed by atoms with Crippen LogP contribution in [0.3, 0.4) is 0 Å². The van der Waals surface area contributed by atoms with Crippen LogP contribution in [0.25, 0.3) is 22.2 Å². The van der Waals surface area contributed by atoms with Gasteiger partial charge < -0.3 is 0 Å². The second kappa shape index (κ2) is 7.58. The van der Waals surface area contributed by atoms with Crippen molar-refractivity contribution in [3.05, 3.63) is 75.8 Å². The summed E-state index contributed by atoms with van der Waals surface area (Å²) in [6, 6.07) is 17.0. The zero-order valence-corrected chi connectivity index (χ0v) is 17.2. The standard InChI is InChI=1S/C23H18ClN3OS/c24-15-11-9-14(10-12-15)20-13-17(16-5-1-2-6-18(16)25-20)22(28)27-23-26-19-7-3-4-8-21(19)29-23/h1-2,5-6,9-13H,3-4,7-8H2,(H,26,27,28). The van der Waals surface area contributed by atoms with Crippen LogP contribution in [0.4, 0.5) is 5.13 Å². The number of benzene rings is 2. The summed E-state index contributed by atoms with van der Waals surface area (Å²) < 4.78 is 0. The summed E-state index contributed by atoms with van der Waals surface area (Å²) >= 11 is 7.61. The van der Waals surface area contributed by atoms with E-state index in [-0.39, 0.29) is 5.91 Å². The van der Waals surface area contributed by atoms with E-state index in [1.807, 2.05) is 54.6 Å². The minimum Gasteiger partial charge on any atom is -0.298 e. The highest BCUT2D eigenvalue weighted by Crippen LogP contribution is 2.31. The Labute approximate surface area is 177 Å². The first kappa shape index (κ1) is 18.3. The molecule has 2 heterocycles. The molecule has 4 aromatic rings. The van der Waals surface area contributed by atoms with Crippen LogP contribution in [-0.4, -0.2) is 15.9 Å². The van der Waals surface area contributed by atoms with Gasteiger partial charge in [-0.05, 0) is 49.9 Å². The van der Waals surface area contributed by atoms with Gasteiger partial charge in [0.25, 0.3) is 5.91 Å². The number of aromatic nitrogens is 2. The summed E-state index contributed by atoms with van der Waals surface area (Å²) in [6.45, 7) is 0. The van der Waals surface area contributed by atoms with Gasteiger partial charge in [-0.1, -0.05) is 41.9 Å². The normalized spacial score (nSPS) is 13.3. The minimum absolute atomic E-state index is 0.162. The van der Waals surface area contributed by atoms with Crippen LogP contribution in [0.2, 0.25) is 5.02 Å². The quantitative estimate of drug-likeness (QED) is 0.433. The Balaban J connectivity index is 1.54. The molecule has 2 aromatic heterocycles. The van der Waals surface area contributed by atoms with Crippen molar-refractivity contribution >= 4 is 44.9 Å². The molecule has 0 bridgehead atoms. The number of hydrogen-bond acceptors (Lipinski definition) is 4. The molecule has 0 aliphatic heterocycles. The molecule has 6 heteroatoms. The van der Waals surface area contributed by atoms with Crippen molar-refractivity contribution in [1.29, 1.82) is 0 Å². The maximum Gasteiger partial charge on any atom is 0.258 e. The SMILES string of the molecule is O=C(Nc1nc2c(s1)CCCC2)c1cc(-c2ccc(Cl)cc2)nc2ccccc12. The fraction of sp³-hybridized carbons (Fsp3) is 0.174. The Kier molecular flexibility index (Phi) is 4.78. The zero-order chi connectivity index (χ0) is 19.8. The molecule has 2 aromatic carbocycles. The summed E-state index contributed by atoms with van der Waals surface area (Å²) in [5.41, 5.74) is 4.16.